The maximum absolute atomic E-state index is 15.3. The van der Waals surface area contributed by atoms with E-state index in [9.17, 15) is 17.2 Å². The molecule has 1 aliphatic heterocycles. The second-order valence-electron chi connectivity index (χ2n) is 7.76. The van der Waals surface area contributed by atoms with Gasteiger partial charge in [0.1, 0.15) is 21.4 Å². The molecule has 31 heavy (non-hydrogen) atoms. The zero-order chi connectivity index (χ0) is 23.4. The Labute approximate surface area is 181 Å². The third-order valence-corrected chi connectivity index (χ3v) is 8.42. The fraction of sp³-hybridized carbons (Fsp3) is 0.350. The molecule has 2 aromatic rings. The summed E-state index contributed by atoms with van der Waals surface area (Å²) in [6.45, 7) is 4.38. The van der Waals surface area contributed by atoms with Gasteiger partial charge < -0.3 is 0 Å². The van der Waals surface area contributed by atoms with Crippen LogP contribution in [-0.4, -0.2) is 34.1 Å². The summed E-state index contributed by atoms with van der Waals surface area (Å²) in [6.07, 6.45) is 3.12. The molecule has 0 amide bonds. The van der Waals surface area contributed by atoms with Gasteiger partial charge in [-0.05, 0) is 51.5 Å². The number of aromatic nitrogens is 2. The lowest BCUT2D eigenvalue weighted by Gasteiger charge is -2.44. The van der Waals surface area contributed by atoms with E-state index in [2.05, 4.69) is 15.0 Å². The van der Waals surface area contributed by atoms with E-state index in [4.69, 9.17) is 11.6 Å². The fourth-order valence-electron chi connectivity index (χ4n) is 3.19. The van der Waals surface area contributed by atoms with Gasteiger partial charge in [-0.25, -0.2) is 27.2 Å². The number of sulfone groups is 1. The molecule has 0 aliphatic carbocycles. The van der Waals surface area contributed by atoms with Crippen molar-refractivity contribution in [2.45, 2.75) is 43.2 Å². The molecule has 0 spiro atoms. The number of rotatable bonds is 3. The van der Waals surface area contributed by atoms with Crippen LogP contribution in [0.5, 0.6) is 0 Å². The van der Waals surface area contributed by atoms with Crippen molar-refractivity contribution < 1.29 is 26.0 Å². The van der Waals surface area contributed by atoms with Crippen LogP contribution in [0.25, 0.3) is 11.9 Å². The summed E-state index contributed by atoms with van der Waals surface area (Å²) in [4.78, 5) is 11.4. The molecule has 3 rings (SSSR count). The van der Waals surface area contributed by atoms with E-state index in [1.165, 1.54) is 6.92 Å². The van der Waals surface area contributed by atoms with Crippen LogP contribution in [0.15, 0.2) is 35.6 Å². The summed E-state index contributed by atoms with van der Waals surface area (Å²) >= 11 is 5.61. The Kier molecular flexibility index (Phi) is 5.55. The molecule has 0 saturated heterocycles. The number of hydrogen-bond donors (Lipinski definition) is 0. The Morgan fingerprint density at radius 3 is 2.35 bits per heavy atom. The van der Waals surface area contributed by atoms with E-state index in [1.807, 2.05) is 0 Å². The first-order valence-electron chi connectivity index (χ1n) is 8.99. The lowest BCUT2D eigenvalue weighted by atomic mass is 9.89. The van der Waals surface area contributed by atoms with Gasteiger partial charge in [0.05, 0.1) is 12.4 Å². The number of nitrogens with zero attached hydrogens (tertiary/aromatic N) is 3. The van der Waals surface area contributed by atoms with Crippen molar-refractivity contribution in [2.75, 3.05) is 0 Å². The van der Waals surface area contributed by atoms with Gasteiger partial charge >= 0.3 is 5.25 Å². The maximum atomic E-state index is 15.3. The van der Waals surface area contributed by atoms with Crippen LogP contribution in [-0.2, 0) is 15.4 Å². The second kappa shape index (κ2) is 7.37. The third-order valence-electron chi connectivity index (χ3n) is 5.51. The number of aliphatic imine (C=N–C) groups is 1. The van der Waals surface area contributed by atoms with E-state index in [0.29, 0.717) is 0 Å². The lowest BCUT2D eigenvalue weighted by molar-refractivity contribution is 0.00761. The highest BCUT2D eigenvalue weighted by molar-refractivity contribution is 7.94. The first kappa shape index (κ1) is 23.3. The standard InChI is InChI=1S/C20H18ClF4N3O2S/c1-11-18(2,3)31(29,30)20(24,25)19(4,28-11)13-7-12(5-6-14(13)22)8-15(23)16-9-27-17(21)10-26-16/h5-10H,1-4H3/b15-8-/t19-/m1/s1. The van der Waals surface area contributed by atoms with Crippen LogP contribution in [0.3, 0.4) is 0 Å². The number of benzene rings is 1. The molecule has 1 aromatic heterocycles. The average molecular weight is 476 g/mol. The minimum absolute atomic E-state index is 0.00207. The van der Waals surface area contributed by atoms with Gasteiger partial charge in [-0.3, -0.25) is 4.99 Å². The van der Waals surface area contributed by atoms with Crippen molar-refractivity contribution in [3.05, 3.63) is 58.4 Å². The summed E-state index contributed by atoms with van der Waals surface area (Å²) in [5, 5.41) is -4.38. The van der Waals surface area contributed by atoms with Gasteiger partial charge in [-0.1, -0.05) is 17.7 Å². The summed E-state index contributed by atoms with van der Waals surface area (Å²) in [6, 6.07) is 2.94. The fourth-order valence-corrected chi connectivity index (χ4v) is 5.04. The van der Waals surface area contributed by atoms with Gasteiger partial charge in [0.2, 0.25) is 9.84 Å². The second-order valence-corrected chi connectivity index (χ2v) is 10.7. The van der Waals surface area contributed by atoms with Crippen molar-refractivity contribution in [1.82, 2.24) is 9.97 Å². The molecular weight excluding hydrogens is 458 g/mol. The van der Waals surface area contributed by atoms with E-state index in [1.54, 1.807) is 0 Å². The Balaban J connectivity index is 2.19. The monoisotopic (exact) mass is 475 g/mol. The highest BCUT2D eigenvalue weighted by Crippen LogP contribution is 2.52. The summed E-state index contributed by atoms with van der Waals surface area (Å²) in [5.74, 6) is -1.98. The predicted molar refractivity (Wildman–Crippen MR) is 111 cm³/mol. The Bertz CT molecular complexity index is 1210. The maximum Gasteiger partial charge on any atom is 0.374 e. The molecule has 0 bridgehead atoms. The van der Waals surface area contributed by atoms with E-state index in [-0.39, 0.29) is 22.1 Å². The zero-order valence-electron chi connectivity index (χ0n) is 16.9. The SMILES string of the molecule is CC1=N[C@](C)(c2cc(/C=C(\F)c3cnc(Cl)cn3)ccc2F)C(F)(F)S(=O)(=O)C1(C)C. The van der Waals surface area contributed by atoms with Gasteiger partial charge in [0.15, 0.2) is 11.4 Å². The predicted octanol–water partition coefficient (Wildman–Crippen LogP) is 5.21. The lowest BCUT2D eigenvalue weighted by Crippen LogP contribution is -2.61. The van der Waals surface area contributed by atoms with E-state index < -0.39 is 42.6 Å². The molecule has 0 radical (unpaired) electrons. The van der Waals surface area contributed by atoms with Crippen LogP contribution in [0.4, 0.5) is 17.6 Å². The third kappa shape index (κ3) is 3.45. The first-order valence-corrected chi connectivity index (χ1v) is 10.9. The average Bonchev–Trinajstić information content (AvgIpc) is 2.68. The molecule has 0 N–H and O–H groups in total. The zero-order valence-corrected chi connectivity index (χ0v) is 18.5. The molecule has 1 aromatic carbocycles. The van der Waals surface area contributed by atoms with Gasteiger partial charge in [-0.15, -0.1) is 0 Å². The van der Waals surface area contributed by atoms with Crippen LogP contribution < -0.4 is 0 Å². The van der Waals surface area contributed by atoms with Gasteiger partial charge in [0.25, 0.3) is 0 Å². The minimum Gasteiger partial charge on any atom is -0.274 e. The molecule has 0 unspecified atom stereocenters. The quantitative estimate of drug-likeness (QED) is 0.571. The Morgan fingerprint density at radius 1 is 1.13 bits per heavy atom. The van der Waals surface area contributed by atoms with Crippen LogP contribution >= 0.6 is 11.6 Å². The highest BCUT2D eigenvalue weighted by atomic mass is 35.5. The van der Waals surface area contributed by atoms with Crippen LogP contribution in [0.1, 0.15) is 44.5 Å². The normalized spacial score (nSPS) is 24.5. The number of alkyl halides is 2. The van der Waals surface area contributed by atoms with Crippen molar-refractivity contribution in [3.63, 3.8) is 0 Å². The Hall–Kier alpha value is -2.33. The van der Waals surface area contributed by atoms with E-state index >= 15 is 8.78 Å². The summed E-state index contributed by atoms with van der Waals surface area (Å²) in [5.41, 5.74) is -3.71. The minimum atomic E-state index is -5.09. The molecular formula is C20H18ClF4N3O2S. The van der Waals surface area contributed by atoms with Gasteiger partial charge in [-0.2, -0.15) is 8.78 Å². The molecule has 1 aliphatic rings. The first-order chi connectivity index (χ1) is 14.1. The van der Waals surface area contributed by atoms with Crippen LogP contribution in [0.2, 0.25) is 5.15 Å². The molecule has 2 heterocycles. The topological polar surface area (TPSA) is 72.3 Å². The van der Waals surface area contributed by atoms with Crippen molar-refractivity contribution >= 4 is 39.1 Å². The van der Waals surface area contributed by atoms with Crippen molar-refractivity contribution in [2.24, 2.45) is 4.99 Å². The molecule has 1 atom stereocenters. The molecule has 0 saturated carbocycles. The summed E-state index contributed by atoms with van der Waals surface area (Å²) < 4.78 is 83.2. The summed E-state index contributed by atoms with van der Waals surface area (Å²) in [7, 11) is -5.09. The van der Waals surface area contributed by atoms with Crippen molar-refractivity contribution in [3.8, 4) is 0 Å². The largest absolute Gasteiger partial charge is 0.374 e. The molecule has 166 valence electrons. The molecule has 0 fully saturated rings. The smallest absolute Gasteiger partial charge is 0.274 e. The highest BCUT2D eigenvalue weighted by Gasteiger charge is 2.69. The van der Waals surface area contributed by atoms with Crippen molar-refractivity contribution in [1.29, 1.82) is 0 Å². The number of halogens is 5. The Morgan fingerprint density at radius 2 is 1.77 bits per heavy atom. The molecule has 5 nitrogen and oxygen atoms in total. The van der Waals surface area contributed by atoms with Crippen LogP contribution in [0, 0.1) is 5.82 Å². The molecule has 11 heteroatoms. The number of hydrogen-bond acceptors (Lipinski definition) is 5. The van der Waals surface area contributed by atoms with E-state index in [0.717, 1.165) is 57.4 Å². The van der Waals surface area contributed by atoms with Gasteiger partial charge in [0, 0.05) is 11.3 Å².